The first-order chi connectivity index (χ1) is 13.8. The summed E-state index contributed by atoms with van der Waals surface area (Å²) in [6, 6.07) is 5.84. The standard InChI is InChI=1S/C20H28N4O5/c1-4-11-29-18(26)12-16-19(27)21-9-10-24(16)13-17(25)22-15-7-5-14(6-8-15)20(28)23(2)3/h5-8,16H,4,9-13H2,1-3H3,(H,21,27)(H,22,25). The van der Waals surface area contributed by atoms with Crippen LogP contribution in [0.3, 0.4) is 0 Å². The van der Waals surface area contributed by atoms with E-state index in [2.05, 4.69) is 10.6 Å². The van der Waals surface area contributed by atoms with Gasteiger partial charge in [-0.25, -0.2) is 0 Å². The summed E-state index contributed by atoms with van der Waals surface area (Å²) in [4.78, 5) is 51.6. The van der Waals surface area contributed by atoms with Crippen LogP contribution in [0.5, 0.6) is 0 Å². The van der Waals surface area contributed by atoms with Crippen LogP contribution in [0.2, 0.25) is 0 Å². The number of carbonyl (C=O) groups excluding carboxylic acids is 4. The molecule has 9 nitrogen and oxygen atoms in total. The van der Waals surface area contributed by atoms with Crippen molar-refractivity contribution < 1.29 is 23.9 Å². The van der Waals surface area contributed by atoms with Gasteiger partial charge >= 0.3 is 5.97 Å². The van der Waals surface area contributed by atoms with Crippen molar-refractivity contribution in [3.63, 3.8) is 0 Å². The van der Waals surface area contributed by atoms with E-state index in [-0.39, 0.29) is 30.7 Å². The van der Waals surface area contributed by atoms with Crippen molar-refractivity contribution in [2.75, 3.05) is 45.7 Å². The van der Waals surface area contributed by atoms with Crippen LogP contribution in [0, 0.1) is 0 Å². The maximum atomic E-state index is 12.4. The third kappa shape index (κ3) is 6.56. The lowest BCUT2D eigenvalue weighted by Crippen LogP contribution is -2.57. The van der Waals surface area contributed by atoms with Crippen molar-refractivity contribution in [2.45, 2.75) is 25.8 Å². The number of anilines is 1. The number of ether oxygens (including phenoxy) is 1. The fourth-order valence-electron chi connectivity index (χ4n) is 2.95. The maximum Gasteiger partial charge on any atom is 0.307 e. The Morgan fingerprint density at radius 2 is 1.93 bits per heavy atom. The van der Waals surface area contributed by atoms with E-state index in [4.69, 9.17) is 4.74 Å². The molecule has 0 aliphatic carbocycles. The van der Waals surface area contributed by atoms with Gasteiger partial charge in [-0.1, -0.05) is 6.92 Å². The Morgan fingerprint density at radius 1 is 1.24 bits per heavy atom. The van der Waals surface area contributed by atoms with E-state index in [1.807, 2.05) is 6.92 Å². The molecule has 1 heterocycles. The van der Waals surface area contributed by atoms with Crippen LogP contribution in [0.25, 0.3) is 0 Å². The second-order valence-electron chi connectivity index (χ2n) is 7.03. The first kappa shape index (κ1) is 22.4. The third-order valence-corrected chi connectivity index (χ3v) is 4.44. The molecule has 29 heavy (non-hydrogen) atoms. The van der Waals surface area contributed by atoms with E-state index in [9.17, 15) is 19.2 Å². The van der Waals surface area contributed by atoms with E-state index < -0.39 is 12.0 Å². The maximum absolute atomic E-state index is 12.4. The molecule has 1 atom stereocenters. The number of benzene rings is 1. The number of hydrogen-bond donors (Lipinski definition) is 2. The molecule has 1 fully saturated rings. The van der Waals surface area contributed by atoms with Crippen LogP contribution >= 0.6 is 0 Å². The van der Waals surface area contributed by atoms with Gasteiger partial charge in [0.2, 0.25) is 11.8 Å². The predicted molar refractivity (Wildman–Crippen MR) is 107 cm³/mol. The van der Waals surface area contributed by atoms with E-state index in [1.165, 1.54) is 4.90 Å². The number of rotatable bonds is 8. The molecule has 1 aromatic rings. The molecular weight excluding hydrogens is 376 g/mol. The summed E-state index contributed by atoms with van der Waals surface area (Å²) in [5.74, 6) is -1.18. The molecule has 0 aromatic heterocycles. The number of piperazine rings is 1. The molecule has 1 saturated heterocycles. The van der Waals surface area contributed by atoms with Gasteiger partial charge in [0.25, 0.3) is 5.91 Å². The molecule has 0 radical (unpaired) electrons. The lowest BCUT2D eigenvalue weighted by molar-refractivity contribution is -0.148. The van der Waals surface area contributed by atoms with Crippen LogP contribution < -0.4 is 10.6 Å². The van der Waals surface area contributed by atoms with Gasteiger partial charge in [0, 0.05) is 38.4 Å². The molecule has 1 unspecified atom stereocenters. The van der Waals surface area contributed by atoms with E-state index in [0.29, 0.717) is 37.4 Å². The van der Waals surface area contributed by atoms with Gasteiger partial charge in [0.1, 0.15) is 6.04 Å². The monoisotopic (exact) mass is 404 g/mol. The van der Waals surface area contributed by atoms with Crippen LogP contribution in [0.1, 0.15) is 30.1 Å². The summed E-state index contributed by atoms with van der Waals surface area (Å²) in [5, 5.41) is 5.47. The van der Waals surface area contributed by atoms with Crippen molar-refractivity contribution in [1.29, 1.82) is 0 Å². The summed E-state index contributed by atoms with van der Waals surface area (Å²) in [5.41, 5.74) is 1.07. The number of amides is 3. The van der Waals surface area contributed by atoms with Crippen molar-refractivity contribution in [3.8, 4) is 0 Å². The fraction of sp³-hybridized carbons (Fsp3) is 0.500. The summed E-state index contributed by atoms with van der Waals surface area (Å²) in [6.45, 7) is 3.03. The number of hydrogen-bond acceptors (Lipinski definition) is 6. The smallest absolute Gasteiger partial charge is 0.307 e. The third-order valence-electron chi connectivity index (χ3n) is 4.44. The first-order valence-corrected chi connectivity index (χ1v) is 9.60. The molecule has 0 spiro atoms. The number of carbonyl (C=O) groups is 4. The minimum atomic E-state index is -0.737. The lowest BCUT2D eigenvalue weighted by Gasteiger charge is -2.33. The Kier molecular flexibility index (Phi) is 8.14. The molecule has 1 aliphatic heterocycles. The molecule has 1 aromatic carbocycles. The normalized spacial score (nSPS) is 16.7. The largest absolute Gasteiger partial charge is 0.466 e. The Bertz CT molecular complexity index is 748. The molecule has 2 rings (SSSR count). The van der Waals surface area contributed by atoms with Crippen molar-refractivity contribution in [3.05, 3.63) is 29.8 Å². The number of nitrogens with zero attached hydrogens (tertiary/aromatic N) is 2. The van der Waals surface area contributed by atoms with Crippen LogP contribution in [0.15, 0.2) is 24.3 Å². The molecule has 0 saturated carbocycles. The van der Waals surface area contributed by atoms with Gasteiger partial charge in [-0.05, 0) is 30.7 Å². The highest BCUT2D eigenvalue weighted by atomic mass is 16.5. The average Bonchev–Trinajstić information content (AvgIpc) is 2.69. The zero-order chi connectivity index (χ0) is 21.4. The van der Waals surface area contributed by atoms with Crippen LogP contribution in [-0.2, 0) is 19.1 Å². The quantitative estimate of drug-likeness (QED) is 0.610. The highest BCUT2D eigenvalue weighted by Gasteiger charge is 2.33. The first-order valence-electron chi connectivity index (χ1n) is 9.60. The molecule has 158 valence electrons. The highest BCUT2D eigenvalue weighted by molar-refractivity contribution is 5.96. The summed E-state index contributed by atoms with van der Waals surface area (Å²) < 4.78 is 5.06. The minimum Gasteiger partial charge on any atom is -0.466 e. The van der Waals surface area contributed by atoms with Crippen molar-refractivity contribution >= 4 is 29.4 Å². The average molecular weight is 404 g/mol. The molecule has 9 heteroatoms. The van der Waals surface area contributed by atoms with Gasteiger partial charge in [-0.3, -0.25) is 24.1 Å². The summed E-state index contributed by atoms with van der Waals surface area (Å²) in [6.07, 6.45) is 0.605. The van der Waals surface area contributed by atoms with Gasteiger partial charge in [-0.2, -0.15) is 0 Å². The minimum absolute atomic E-state index is 0.0302. The fourth-order valence-corrected chi connectivity index (χ4v) is 2.95. The zero-order valence-electron chi connectivity index (χ0n) is 17.1. The van der Waals surface area contributed by atoms with E-state index in [1.54, 1.807) is 43.3 Å². The lowest BCUT2D eigenvalue weighted by atomic mass is 10.1. The Labute approximate surface area is 170 Å². The van der Waals surface area contributed by atoms with Gasteiger partial charge in [0.15, 0.2) is 0 Å². The van der Waals surface area contributed by atoms with Crippen molar-refractivity contribution in [1.82, 2.24) is 15.1 Å². The zero-order valence-corrected chi connectivity index (χ0v) is 17.1. The Hall–Kier alpha value is -2.94. The van der Waals surface area contributed by atoms with E-state index in [0.717, 1.165) is 0 Å². The molecular formula is C20H28N4O5. The Morgan fingerprint density at radius 3 is 2.55 bits per heavy atom. The number of nitrogens with one attached hydrogen (secondary N) is 2. The van der Waals surface area contributed by atoms with Gasteiger partial charge < -0.3 is 20.3 Å². The van der Waals surface area contributed by atoms with Crippen molar-refractivity contribution in [2.24, 2.45) is 0 Å². The van der Waals surface area contributed by atoms with Gasteiger partial charge in [-0.15, -0.1) is 0 Å². The second kappa shape index (κ2) is 10.6. The molecule has 3 amide bonds. The molecule has 2 N–H and O–H groups in total. The summed E-state index contributed by atoms with van der Waals surface area (Å²) >= 11 is 0. The highest BCUT2D eigenvalue weighted by Crippen LogP contribution is 2.13. The Balaban J connectivity index is 1.95. The molecule has 1 aliphatic rings. The second-order valence-corrected chi connectivity index (χ2v) is 7.03. The predicted octanol–water partition coefficient (Wildman–Crippen LogP) is 0.471. The topological polar surface area (TPSA) is 108 Å². The summed E-state index contributed by atoms with van der Waals surface area (Å²) in [7, 11) is 3.34. The molecule has 0 bridgehead atoms. The van der Waals surface area contributed by atoms with Gasteiger partial charge in [0.05, 0.1) is 19.6 Å². The van der Waals surface area contributed by atoms with Crippen LogP contribution in [0.4, 0.5) is 5.69 Å². The van der Waals surface area contributed by atoms with E-state index >= 15 is 0 Å². The number of esters is 1. The SMILES string of the molecule is CCCOC(=O)CC1C(=O)NCCN1CC(=O)Nc1ccc(C(=O)N(C)C)cc1. The van der Waals surface area contributed by atoms with Crippen LogP contribution in [-0.4, -0.2) is 79.9 Å².